The summed E-state index contributed by atoms with van der Waals surface area (Å²) in [6, 6.07) is 0. The fourth-order valence-electron chi connectivity index (χ4n) is 3.08. The van der Waals surface area contributed by atoms with Crippen LogP contribution in [0.1, 0.15) is 20.1 Å². The molecule has 0 spiro atoms. The molecule has 0 amide bonds. The summed E-state index contributed by atoms with van der Waals surface area (Å²) in [6.45, 7) is 2.46. The van der Waals surface area contributed by atoms with Crippen LogP contribution in [-0.2, 0) is 9.47 Å². The highest BCUT2D eigenvalue weighted by Gasteiger charge is 2.41. The summed E-state index contributed by atoms with van der Waals surface area (Å²) >= 11 is 5.97. The zero-order valence-corrected chi connectivity index (χ0v) is 15.2. The maximum atomic E-state index is 12.3. The van der Waals surface area contributed by atoms with Crippen molar-refractivity contribution in [2.24, 2.45) is 11.8 Å². The molecule has 0 bridgehead atoms. The van der Waals surface area contributed by atoms with E-state index in [1.165, 1.54) is 0 Å². The third-order valence-electron chi connectivity index (χ3n) is 4.63. The van der Waals surface area contributed by atoms with Crippen molar-refractivity contribution in [2.45, 2.75) is 32.4 Å². The number of alkyl halides is 3. The van der Waals surface area contributed by atoms with Crippen molar-refractivity contribution in [2.75, 3.05) is 25.6 Å². The molecule has 11 heteroatoms. The van der Waals surface area contributed by atoms with Crippen LogP contribution < -0.4 is 5.32 Å². The minimum atomic E-state index is -4.36. The van der Waals surface area contributed by atoms with Gasteiger partial charge < -0.3 is 14.8 Å². The van der Waals surface area contributed by atoms with E-state index in [1.54, 1.807) is 17.9 Å². The van der Waals surface area contributed by atoms with E-state index >= 15 is 0 Å². The first-order chi connectivity index (χ1) is 12.2. The molecule has 4 atom stereocenters. The number of hydrogen-bond donors (Lipinski definition) is 1. The molecule has 1 fully saturated rings. The van der Waals surface area contributed by atoms with Crippen molar-refractivity contribution >= 4 is 28.6 Å². The Balaban J connectivity index is 1.81. The topological polar surface area (TPSA) is 74.1 Å². The summed E-state index contributed by atoms with van der Waals surface area (Å²) in [4.78, 5) is 12.6. The van der Waals surface area contributed by atoms with E-state index in [1.807, 2.05) is 13.8 Å². The third kappa shape index (κ3) is 3.72. The van der Waals surface area contributed by atoms with Crippen molar-refractivity contribution in [1.29, 1.82) is 0 Å². The lowest BCUT2D eigenvalue weighted by atomic mass is 9.93. The molecule has 0 aliphatic carbocycles. The Labute approximate surface area is 152 Å². The molecule has 1 saturated heterocycles. The normalized spacial score (nSPS) is 26.6. The number of rotatable bonds is 5. The SMILES string of the molecule is CNc1nc(Cl)nc2c1ncn2C1OC(COCC(F)(F)F)C(C)C1C. The zero-order chi connectivity index (χ0) is 19.1. The third-order valence-corrected chi connectivity index (χ3v) is 4.80. The molecular formula is C15H19ClF3N5O2. The second-order valence-electron chi connectivity index (χ2n) is 6.33. The first kappa shape index (κ1) is 19.1. The van der Waals surface area contributed by atoms with Gasteiger partial charge in [-0.3, -0.25) is 4.57 Å². The van der Waals surface area contributed by atoms with Gasteiger partial charge in [-0.1, -0.05) is 13.8 Å². The fourth-order valence-corrected chi connectivity index (χ4v) is 3.24. The van der Waals surface area contributed by atoms with Gasteiger partial charge in [0.1, 0.15) is 12.8 Å². The Morgan fingerprint density at radius 1 is 1.31 bits per heavy atom. The van der Waals surface area contributed by atoms with Gasteiger partial charge in [-0.05, 0) is 17.5 Å². The number of imidazole rings is 1. The van der Waals surface area contributed by atoms with Gasteiger partial charge in [0, 0.05) is 13.0 Å². The summed E-state index contributed by atoms with van der Waals surface area (Å²) in [7, 11) is 1.70. The van der Waals surface area contributed by atoms with Crippen LogP contribution in [-0.4, -0.2) is 52.1 Å². The predicted octanol–water partition coefficient (Wildman–Crippen LogP) is 3.27. The van der Waals surface area contributed by atoms with Gasteiger partial charge in [-0.2, -0.15) is 23.1 Å². The van der Waals surface area contributed by atoms with Crippen LogP contribution >= 0.6 is 11.6 Å². The zero-order valence-electron chi connectivity index (χ0n) is 14.4. The minimum absolute atomic E-state index is 0.00763. The minimum Gasteiger partial charge on any atom is -0.371 e. The summed E-state index contributed by atoms with van der Waals surface area (Å²) in [5, 5.41) is 2.97. The Bertz CT molecular complexity index is 784. The lowest BCUT2D eigenvalue weighted by molar-refractivity contribution is -0.182. The highest BCUT2D eigenvalue weighted by Crippen LogP contribution is 2.40. The Hall–Kier alpha value is -1.65. The highest BCUT2D eigenvalue weighted by molar-refractivity contribution is 6.28. The Morgan fingerprint density at radius 2 is 2.04 bits per heavy atom. The number of fused-ring (bicyclic) bond motifs is 1. The molecule has 144 valence electrons. The second kappa shape index (κ2) is 7.16. The van der Waals surface area contributed by atoms with Crippen molar-refractivity contribution in [1.82, 2.24) is 19.5 Å². The summed E-state index contributed by atoms with van der Waals surface area (Å²) in [6.07, 6.45) is -3.69. The van der Waals surface area contributed by atoms with Crippen molar-refractivity contribution < 1.29 is 22.6 Å². The van der Waals surface area contributed by atoms with E-state index in [-0.39, 0.29) is 23.7 Å². The number of hydrogen-bond acceptors (Lipinski definition) is 6. The summed E-state index contributed by atoms with van der Waals surface area (Å²) in [5.41, 5.74) is 1.03. The number of nitrogens with one attached hydrogen (secondary N) is 1. The van der Waals surface area contributed by atoms with Gasteiger partial charge in [-0.25, -0.2) is 4.98 Å². The molecule has 2 aromatic rings. The van der Waals surface area contributed by atoms with Crippen LogP contribution in [0.4, 0.5) is 19.0 Å². The number of halogens is 4. The molecule has 3 rings (SSSR count). The molecule has 1 aliphatic heterocycles. The lowest BCUT2D eigenvalue weighted by Crippen LogP contribution is -2.26. The molecule has 4 unspecified atom stereocenters. The molecule has 3 heterocycles. The summed E-state index contributed by atoms with van der Waals surface area (Å²) < 4.78 is 49.3. The van der Waals surface area contributed by atoms with E-state index in [4.69, 9.17) is 21.1 Å². The maximum Gasteiger partial charge on any atom is 0.411 e. The van der Waals surface area contributed by atoms with Crippen LogP contribution in [0.2, 0.25) is 5.28 Å². The standard InChI is InChI=1S/C15H19ClF3N5O2/c1-7-8(2)13(26-9(7)4-25-5-15(17,18)19)24-6-21-10-11(20-3)22-14(16)23-12(10)24/h6-9,13H,4-5H2,1-3H3,(H,20,22,23). The molecular weight excluding hydrogens is 375 g/mol. The first-order valence-electron chi connectivity index (χ1n) is 8.09. The van der Waals surface area contributed by atoms with E-state index < -0.39 is 25.1 Å². The van der Waals surface area contributed by atoms with Crippen molar-refractivity contribution in [3.63, 3.8) is 0 Å². The number of anilines is 1. The number of aromatic nitrogens is 4. The largest absolute Gasteiger partial charge is 0.411 e. The van der Waals surface area contributed by atoms with Crippen LogP contribution in [0, 0.1) is 11.8 Å². The fraction of sp³-hybridized carbons (Fsp3) is 0.667. The Kier molecular flexibility index (Phi) is 5.27. The monoisotopic (exact) mass is 393 g/mol. The van der Waals surface area contributed by atoms with Crippen LogP contribution in [0.5, 0.6) is 0 Å². The van der Waals surface area contributed by atoms with Crippen LogP contribution in [0.3, 0.4) is 0 Å². The van der Waals surface area contributed by atoms with Gasteiger partial charge in [-0.15, -0.1) is 0 Å². The number of nitrogens with zero attached hydrogens (tertiary/aromatic N) is 4. The molecule has 7 nitrogen and oxygen atoms in total. The molecule has 26 heavy (non-hydrogen) atoms. The highest BCUT2D eigenvalue weighted by atomic mass is 35.5. The molecule has 1 aliphatic rings. The van der Waals surface area contributed by atoms with E-state index in [0.717, 1.165) is 0 Å². The van der Waals surface area contributed by atoms with Gasteiger partial charge in [0.05, 0.1) is 19.0 Å². The predicted molar refractivity (Wildman–Crippen MR) is 89.0 cm³/mol. The average Bonchev–Trinajstić information content (AvgIpc) is 3.09. The van der Waals surface area contributed by atoms with Gasteiger partial charge in [0.25, 0.3) is 0 Å². The lowest BCUT2D eigenvalue weighted by Gasteiger charge is -2.18. The smallest absolute Gasteiger partial charge is 0.371 e. The number of ether oxygens (including phenoxy) is 2. The van der Waals surface area contributed by atoms with E-state index in [2.05, 4.69) is 20.3 Å². The maximum absolute atomic E-state index is 12.3. The first-order valence-corrected chi connectivity index (χ1v) is 8.47. The average molecular weight is 394 g/mol. The second-order valence-corrected chi connectivity index (χ2v) is 6.67. The van der Waals surface area contributed by atoms with E-state index in [9.17, 15) is 13.2 Å². The van der Waals surface area contributed by atoms with Crippen molar-refractivity contribution in [3.05, 3.63) is 11.6 Å². The van der Waals surface area contributed by atoms with Crippen LogP contribution in [0.25, 0.3) is 11.2 Å². The van der Waals surface area contributed by atoms with Crippen LogP contribution in [0.15, 0.2) is 6.33 Å². The van der Waals surface area contributed by atoms with Crippen molar-refractivity contribution in [3.8, 4) is 0 Å². The Morgan fingerprint density at radius 3 is 2.69 bits per heavy atom. The quantitative estimate of drug-likeness (QED) is 0.786. The molecule has 1 N–H and O–H groups in total. The van der Waals surface area contributed by atoms with Gasteiger partial charge in [0.15, 0.2) is 17.0 Å². The van der Waals surface area contributed by atoms with Gasteiger partial charge >= 0.3 is 6.18 Å². The molecule has 2 aromatic heterocycles. The van der Waals surface area contributed by atoms with E-state index in [0.29, 0.717) is 17.0 Å². The summed E-state index contributed by atoms with van der Waals surface area (Å²) in [5.74, 6) is 0.493. The van der Waals surface area contributed by atoms with Gasteiger partial charge in [0.2, 0.25) is 5.28 Å². The molecule has 0 aromatic carbocycles. The molecule has 0 saturated carbocycles. The molecule has 0 radical (unpaired) electrons.